The first-order chi connectivity index (χ1) is 12.1. The maximum atomic E-state index is 13.0. The summed E-state index contributed by atoms with van der Waals surface area (Å²) in [4.78, 5) is 17.8. The number of rotatable bonds is 1. The van der Waals surface area contributed by atoms with Crippen molar-refractivity contribution in [2.75, 3.05) is 6.54 Å². The molecule has 0 aliphatic carbocycles. The van der Waals surface area contributed by atoms with E-state index in [0.29, 0.717) is 30.8 Å². The minimum Gasteiger partial charge on any atom is -0.333 e. The first-order valence-electron chi connectivity index (χ1n) is 7.63. The van der Waals surface area contributed by atoms with Gasteiger partial charge in [0.25, 0.3) is 5.91 Å². The molecule has 1 aliphatic rings. The van der Waals surface area contributed by atoms with Gasteiger partial charge in [-0.05, 0) is 24.6 Å². The Kier molecular flexibility index (Phi) is 4.45. The Morgan fingerprint density at radius 2 is 1.58 bits per heavy atom. The normalized spacial score (nSPS) is 15.5. The van der Waals surface area contributed by atoms with Crippen LogP contribution in [0.25, 0.3) is 0 Å². The molecule has 0 spiro atoms. The molecule has 1 aliphatic heterocycles. The number of aromatic nitrogens is 2. The van der Waals surface area contributed by atoms with E-state index in [9.17, 15) is 31.1 Å². The fourth-order valence-electron chi connectivity index (χ4n) is 2.82. The van der Waals surface area contributed by atoms with Crippen LogP contribution in [-0.4, -0.2) is 26.9 Å². The number of hydrogen-bond acceptors (Lipinski definition) is 2. The second kappa shape index (κ2) is 6.33. The largest absolute Gasteiger partial charge is 0.416 e. The minimum atomic E-state index is -4.99. The molecule has 0 radical (unpaired) electrons. The first-order valence-corrected chi connectivity index (χ1v) is 7.63. The SMILES string of the molecule is O=C(c1cc(C(F)(F)F)cc(C(F)(F)F)c1)N1CCCn2cncc2C1. The van der Waals surface area contributed by atoms with Gasteiger partial charge < -0.3 is 9.47 Å². The van der Waals surface area contributed by atoms with Crippen molar-refractivity contribution in [2.24, 2.45) is 0 Å². The van der Waals surface area contributed by atoms with Crippen molar-refractivity contribution in [3.05, 3.63) is 53.1 Å². The third-order valence-electron chi connectivity index (χ3n) is 4.10. The monoisotopic (exact) mass is 377 g/mol. The van der Waals surface area contributed by atoms with Gasteiger partial charge in [-0.3, -0.25) is 4.79 Å². The molecule has 0 N–H and O–H groups in total. The number of hydrogen-bond donors (Lipinski definition) is 0. The highest BCUT2D eigenvalue weighted by molar-refractivity contribution is 5.94. The van der Waals surface area contributed by atoms with Crippen molar-refractivity contribution < 1.29 is 31.1 Å². The van der Waals surface area contributed by atoms with E-state index in [-0.39, 0.29) is 19.2 Å². The summed E-state index contributed by atoms with van der Waals surface area (Å²) >= 11 is 0. The highest BCUT2D eigenvalue weighted by Crippen LogP contribution is 2.36. The van der Waals surface area contributed by atoms with Gasteiger partial charge in [0, 0.05) is 24.8 Å². The van der Waals surface area contributed by atoms with E-state index in [1.54, 1.807) is 10.9 Å². The van der Waals surface area contributed by atoms with Crippen molar-refractivity contribution in [3.8, 4) is 0 Å². The van der Waals surface area contributed by atoms with Gasteiger partial charge in [0.05, 0.1) is 29.7 Å². The zero-order valence-corrected chi connectivity index (χ0v) is 13.2. The van der Waals surface area contributed by atoms with Crippen LogP contribution in [0.5, 0.6) is 0 Å². The number of benzene rings is 1. The van der Waals surface area contributed by atoms with Crippen LogP contribution in [0.3, 0.4) is 0 Å². The smallest absolute Gasteiger partial charge is 0.333 e. The van der Waals surface area contributed by atoms with Gasteiger partial charge in [-0.25, -0.2) is 4.98 Å². The molecule has 4 nitrogen and oxygen atoms in total. The van der Waals surface area contributed by atoms with Crippen LogP contribution in [0, 0.1) is 0 Å². The number of amides is 1. The summed E-state index contributed by atoms with van der Waals surface area (Å²) in [6.07, 6.45) is -6.39. The molecule has 0 saturated carbocycles. The number of halogens is 6. The van der Waals surface area contributed by atoms with Crippen LogP contribution in [0.2, 0.25) is 0 Å². The average Bonchev–Trinajstić information content (AvgIpc) is 2.89. The predicted octanol–water partition coefficient (Wildman–Crippen LogP) is 3.97. The first kappa shape index (κ1) is 18.3. The van der Waals surface area contributed by atoms with E-state index in [0.717, 1.165) is 0 Å². The summed E-state index contributed by atoms with van der Waals surface area (Å²) in [7, 11) is 0. The topological polar surface area (TPSA) is 38.1 Å². The van der Waals surface area contributed by atoms with Gasteiger partial charge in [-0.15, -0.1) is 0 Å². The number of aryl methyl sites for hydroxylation is 1. The van der Waals surface area contributed by atoms with E-state index < -0.39 is 35.0 Å². The van der Waals surface area contributed by atoms with E-state index in [1.165, 1.54) is 11.1 Å². The quantitative estimate of drug-likeness (QED) is 0.706. The van der Waals surface area contributed by atoms with Crippen molar-refractivity contribution in [1.82, 2.24) is 14.5 Å². The molecule has 0 unspecified atom stereocenters. The number of carbonyl (C=O) groups is 1. The summed E-state index contributed by atoms with van der Waals surface area (Å²) < 4.78 is 79.5. The Balaban J connectivity index is 1.98. The average molecular weight is 377 g/mol. The number of alkyl halides is 6. The number of nitrogens with zero attached hydrogens (tertiary/aromatic N) is 3. The lowest BCUT2D eigenvalue weighted by Gasteiger charge is -2.21. The lowest BCUT2D eigenvalue weighted by atomic mass is 10.0. The van der Waals surface area contributed by atoms with Gasteiger partial charge in [-0.1, -0.05) is 0 Å². The summed E-state index contributed by atoms with van der Waals surface area (Å²) in [5.74, 6) is -0.878. The molecular formula is C16H13F6N3O. The molecule has 1 aromatic heterocycles. The predicted molar refractivity (Wildman–Crippen MR) is 78.0 cm³/mol. The zero-order valence-electron chi connectivity index (χ0n) is 13.2. The Hall–Kier alpha value is -2.52. The Morgan fingerprint density at radius 3 is 2.15 bits per heavy atom. The van der Waals surface area contributed by atoms with E-state index in [1.807, 2.05) is 0 Å². The lowest BCUT2D eigenvalue weighted by molar-refractivity contribution is -0.143. The van der Waals surface area contributed by atoms with Crippen LogP contribution < -0.4 is 0 Å². The fourth-order valence-corrected chi connectivity index (χ4v) is 2.82. The summed E-state index contributed by atoms with van der Waals surface area (Å²) in [5.41, 5.74) is -2.98. The molecule has 2 heterocycles. The number of carbonyl (C=O) groups excluding carboxylic acids is 1. The van der Waals surface area contributed by atoms with Crippen LogP contribution in [0.15, 0.2) is 30.7 Å². The van der Waals surface area contributed by atoms with E-state index >= 15 is 0 Å². The molecule has 1 amide bonds. The molecular weight excluding hydrogens is 364 g/mol. The van der Waals surface area contributed by atoms with Crippen LogP contribution >= 0.6 is 0 Å². The molecule has 0 atom stereocenters. The Labute approximate surface area is 144 Å². The summed E-state index contributed by atoms with van der Waals surface area (Å²) in [5, 5.41) is 0. The van der Waals surface area contributed by atoms with Crippen molar-refractivity contribution in [2.45, 2.75) is 31.9 Å². The minimum absolute atomic E-state index is 0.00821. The van der Waals surface area contributed by atoms with Gasteiger partial charge in [0.2, 0.25) is 0 Å². The van der Waals surface area contributed by atoms with Crippen LogP contribution in [0.4, 0.5) is 26.3 Å². The second-order valence-electron chi connectivity index (χ2n) is 5.95. The van der Waals surface area contributed by atoms with Gasteiger partial charge in [0.1, 0.15) is 0 Å². The second-order valence-corrected chi connectivity index (χ2v) is 5.95. The zero-order chi connectivity index (χ0) is 19.1. The van der Waals surface area contributed by atoms with Gasteiger partial charge >= 0.3 is 12.4 Å². The van der Waals surface area contributed by atoms with Crippen molar-refractivity contribution >= 4 is 5.91 Å². The summed E-state index contributed by atoms with van der Waals surface area (Å²) in [6.45, 7) is 0.851. The van der Waals surface area contributed by atoms with E-state index in [2.05, 4.69) is 4.98 Å². The highest BCUT2D eigenvalue weighted by atomic mass is 19.4. The Morgan fingerprint density at radius 1 is 0.962 bits per heavy atom. The van der Waals surface area contributed by atoms with Crippen molar-refractivity contribution in [1.29, 1.82) is 0 Å². The van der Waals surface area contributed by atoms with Crippen molar-refractivity contribution in [3.63, 3.8) is 0 Å². The number of fused-ring (bicyclic) bond motifs is 1. The maximum Gasteiger partial charge on any atom is 0.416 e. The molecule has 26 heavy (non-hydrogen) atoms. The molecule has 3 rings (SSSR count). The summed E-state index contributed by atoms with van der Waals surface area (Å²) in [6, 6.07) is 0.924. The molecule has 2 aromatic rings. The number of imidazole rings is 1. The third kappa shape index (κ3) is 3.68. The van der Waals surface area contributed by atoms with Gasteiger partial charge in [-0.2, -0.15) is 26.3 Å². The molecule has 0 bridgehead atoms. The third-order valence-corrected chi connectivity index (χ3v) is 4.10. The lowest BCUT2D eigenvalue weighted by Crippen LogP contribution is -2.31. The maximum absolute atomic E-state index is 13.0. The highest BCUT2D eigenvalue weighted by Gasteiger charge is 2.38. The molecule has 0 fully saturated rings. The molecule has 10 heteroatoms. The molecule has 0 saturated heterocycles. The molecule has 1 aromatic carbocycles. The van der Waals surface area contributed by atoms with Gasteiger partial charge in [0.15, 0.2) is 0 Å². The van der Waals surface area contributed by atoms with E-state index in [4.69, 9.17) is 0 Å². The fraction of sp³-hybridized carbons (Fsp3) is 0.375. The van der Waals surface area contributed by atoms with Crippen LogP contribution in [-0.2, 0) is 25.4 Å². The Bertz CT molecular complexity index is 792. The standard InChI is InChI=1S/C16H13F6N3O/c17-15(18,19)11-4-10(5-12(6-11)16(20,21)22)14(26)24-2-1-3-25-9-23-7-13(25)8-24/h4-7,9H,1-3,8H2. The molecule has 140 valence electrons. The van der Waals surface area contributed by atoms with Crippen LogP contribution in [0.1, 0.15) is 33.6 Å².